The Morgan fingerprint density at radius 2 is 2.05 bits per heavy atom. The lowest BCUT2D eigenvalue weighted by atomic mass is 10.3. The van der Waals surface area contributed by atoms with Crippen LogP contribution in [0.2, 0.25) is 0 Å². The Bertz CT molecular complexity index is 516. The van der Waals surface area contributed by atoms with Crippen LogP contribution in [0.3, 0.4) is 0 Å². The lowest BCUT2D eigenvalue weighted by Gasteiger charge is -2.16. The second-order valence-electron chi connectivity index (χ2n) is 4.09. The van der Waals surface area contributed by atoms with Crippen molar-refractivity contribution < 1.29 is 17.9 Å². The van der Waals surface area contributed by atoms with E-state index in [0.29, 0.717) is 24.5 Å². The van der Waals surface area contributed by atoms with E-state index in [1.165, 1.54) is 32.4 Å². The second-order valence-corrected chi connectivity index (χ2v) is 5.80. The number of benzene rings is 1. The third kappa shape index (κ3) is 4.09. The Balaban J connectivity index is 2.99. The molecule has 0 heterocycles. The molecule has 0 aliphatic rings. The summed E-state index contributed by atoms with van der Waals surface area (Å²) in [6.07, 6.45) is 0.638. The number of rotatable bonds is 7. The van der Waals surface area contributed by atoms with Gasteiger partial charge in [0.2, 0.25) is 10.0 Å². The summed E-state index contributed by atoms with van der Waals surface area (Å²) in [5.74, 6) is 0.336. The van der Waals surface area contributed by atoms with E-state index in [2.05, 4.69) is 4.72 Å². The average Bonchev–Trinajstić information content (AvgIpc) is 2.38. The molecule has 0 radical (unpaired) electrons. The van der Waals surface area contributed by atoms with E-state index in [4.69, 9.17) is 15.2 Å². The number of sulfonamides is 1. The first-order chi connectivity index (χ1) is 8.94. The quantitative estimate of drug-likeness (QED) is 0.730. The summed E-state index contributed by atoms with van der Waals surface area (Å²) in [6, 6.07) is 4.08. The van der Waals surface area contributed by atoms with Crippen molar-refractivity contribution in [1.29, 1.82) is 0 Å². The zero-order valence-electron chi connectivity index (χ0n) is 11.3. The number of nitrogens with one attached hydrogen (secondary N) is 1. The van der Waals surface area contributed by atoms with Crippen molar-refractivity contribution >= 4 is 15.7 Å². The minimum absolute atomic E-state index is 0.119. The number of nitrogen functional groups attached to an aromatic ring is 1. The van der Waals surface area contributed by atoms with E-state index in [0.717, 1.165) is 0 Å². The van der Waals surface area contributed by atoms with Crippen LogP contribution in [0.4, 0.5) is 5.69 Å². The summed E-state index contributed by atoms with van der Waals surface area (Å²) in [7, 11) is -0.638. The Labute approximate surface area is 113 Å². The predicted octanol–water partition coefficient (Wildman–Crippen LogP) is 0.981. The third-order valence-electron chi connectivity index (χ3n) is 2.70. The topological polar surface area (TPSA) is 90.7 Å². The first-order valence-corrected chi connectivity index (χ1v) is 7.37. The standard InChI is InChI=1S/C12H20N2O4S/c1-4-9(8-17-2)14-19(15,16)10-5-6-11(13)12(7-10)18-3/h5-7,9,14H,4,8,13H2,1-3H3. The van der Waals surface area contributed by atoms with Gasteiger partial charge < -0.3 is 15.2 Å². The van der Waals surface area contributed by atoms with Crippen LogP contribution in [0, 0.1) is 0 Å². The normalized spacial score (nSPS) is 13.2. The smallest absolute Gasteiger partial charge is 0.241 e. The number of methoxy groups -OCH3 is 2. The van der Waals surface area contributed by atoms with E-state index in [9.17, 15) is 8.42 Å². The number of nitrogens with two attached hydrogens (primary N) is 1. The van der Waals surface area contributed by atoms with Gasteiger partial charge in [0.15, 0.2) is 0 Å². The molecule has 0 saturated carbocycles. The fourth-order valence-corrected chi connectivity index (χ4v) is 2.90. The molecule has 108 valence electrons. The summed E-state index contributed by atoms with van der Waals surface area (Å²) in [5.41, 5.74) is 6.05. The Morgan fingerprint density at radius 1 is 1.37 bits per heavy atom. The van der Waals surface area contributed by atoms with E-state index in [-0.39, 0.29) is 10.9 Å². The Morgan fingerprint density at radius 3 is 2.58 bits per heavy atom. The van der Waals surface area contributed by atoms with Crippen LogP contribution in [-0.4, -0.2) is 35.3 Å². The maximum Gasteiger partial charge on any atom is 0.241 e. The number of ether oxygens (including phenoxy) is 2. The summed E-state index contributed by atoms with van der Waals surface area (Å²) in [5, 5.41) is 0. The van der Waals surface area contributed by atoms with E-state index in [1.54, 1.807) is 0 Å². The molecule has 7 heteroatoms. The van der Waals surface area contributed by atoms with Crippen LogP contribution in [0.15, 0.2) is 23.1 Å². The van der Waals surface area contributed by atoms with Gasteiger partial charge in [0.25, 0.3) is 0 Å². The van der Waals surface area contributed by atoms with Crippen LogP contribution in [-0.2, 0) is 14.8 Å². The van der Waals surface area contributed by atoms with E-state index in [1.807, 2.05) is 6.92 Å². The van der Waals surface area contributed by atoms with Crippen molar-refractivity contribution in [2.75, 3.05) is 26.6 Å². The highest BCUT2D eigenvalue weighted by atomic mass is 32.2. The van der Waals surface area contributed by atoms with Gasteiger partial charge in [-0.3, -0.25) is 0 Å². The molecule has 0 spiro atoms. The maximum atomic E-state index is 12.2. The molecule has 0 aliphatic heterocycles. The maximum absolute atomic E-state index is 12.2. The SMILES string of the molecule is CCC(COC)NS(=O)(=O)c1ccc(N)c(OC)c1. The minimum Gasteiger partial charge on any atom is -0.495 e. The molecule has 1 aromatic rings. The second kappa shape index (κ2) is 6.74. The van der Waals surface area contributed by atoms with Gasteiger partial charge in [-0.1, -0.05) is 6.92 Å². The molecule has 0 saturated heterocycles. The lowest BCUT2D eigenvalue weighted by molar-refractivity contribution is 0.173. The zero-order chi connectivity index (χ0) is 14.5. The summed E-state index contributed by atoms with van der Waals surface area (Å²) in [4.78, 5) is 0.119. The van der Waals surface area contributed by atoms with Crippen molar-refractivity contribution in [2.45, 2.75) is 24.3 Å². The lowest BCUT2D eigenvalue weighted by Crippen LogP contribution is -2.37. The molecule has 1 atom stereocenters. The molecular formula is C12H20N2O4S. The summed E-state index contributed by atoms with van der Waals surface area (Å²) < 4.78 is 37.0. The van der Waals surface area contributed by atoms with Gasteiger partial charge in [0.1, 0.15) is 5.75 Å². The summed E-state index contributed by atoms with van der Waals surface area (Å²) >= 11 is 0. The Hall–Kier alpha value is -1.31. The molecular weight excluding hydrogens is 268 g/mol. The molecule has 0 bridgehead atoms. The number of hydrogen-bond donors (Lipinski definition) is 2. The fraction of sp³-hybridized carbons (Fsp3) is 0.500. The number of anilines is 1. The molecule has 1 rings (SSSR count). The van der Waals surface area contributed by atoms with Gasteiger partial charge in [-0.2, -0.15) is 0 Å². The number of hydrogen-bond acceptors (Lipinski definition) is 5. The average molecular weight is 288 g/mol. The largest absolute Gasteiger partial charge is 0.495 e. The first kappa shape index (κ1) is 15.7. The van der Waals surface area contributed by atoms with Crippen molar-refractivity contribution in [2.24, 2.45) is 0 Å². The van der Waals surface area contributed by atoms with Gasteiger partial charge in [-0.05, 0) is 18.6 Å². The van der Waals surface area contributed by atoms with Gasteiger partial charge in [-0.15, -0.1) is 0 Å². The first-order valence-electron chi connectivity index (χ1n) is 5.89. The fourth-order valence-electron chi connectivity index (χ4n) is 1.58. The van der Waals surface area contributed by atoms with Gasteiger partial charge in [-0.25, -0.2) is 13.1 Å². The molecule has 3 N–H and O–H groups in total. The molecule has 1 aromatic carbocycles. The summed E-state index contributed by atoms with van der Waals surface area (Å²) in [6.45, 7) is 2.21. The molecule has 0 aliphatic carbocycles. The molecule has 1 unspecified atom stereocenters. The zero-order valence-corrected chi connectivity index (χ0v) is 12.2. The van der Waals surface area contributed by atoms with E-state index < -0.39 is 10.0 Å². The minimum atomic E-state index is -3.61. The molecule has 0 amide bonds. The van der Waals surface area contributed by atoms with Gasteiger partial charge >= 0.3 is 0 Å². The van der Waals surface area contributed by atoms with Gasteiger partial charge in [0, 0.05) is 19.2 Å². The molecule has 0 aromatic heterocycles. The van der Waals surface area contributed by atoms with Crippen molar-refractivity contribution in [3.05, 3.63) is 18.2 Å². The van der Waals surface area contributed by atoms with Crippen LogP contribution in [0.5, 0.6) is 5.75 Å². The highest BCUT2D eigenvalue weighted by Gasteiger charge is 2.20. The molecule has 19 heavy (non-hydrogen) atoms. The molecule has 0 fully saturated rings. The van der Waals surface area contributed by atoms with Crippen LogP contribution in [0.1, 0.15) is 13.3 Å². The predicted molar refractivity (Wildman–Crippen MR) is 73.7 cm³/mol. The Kier molecular flexibility index (Phi) is 5.59. The van der Waals surface area contributed by atoms with Crippen molar-refractivity contribution in [3.63, 3.8) is 0 Å². The highest BCUT2D eigenvalue weighted by molar-refractivity contribution is 7.89. The van der Waals surface area contributed by atoms with Crippen LogP contribution in [0.25, 0.3) is 0 Å². The van der Waals surface area contributed by atoms with E-state index >= 15 is 0 Å². The van der Waals surface area contributed by atoms with Crippen LogP contribution < -0.4 is 15.2 Å². The third-order valence-corrected chi connectivity index (χ3v) is 4.22. The molecule has 6 nitrogen and oxygen atoms in total. The van der Waals surface area contributed by atoms with Crippen molar-refractivity contribution in [1.82, 2.24) is 4.72 Å². The van der Waals surface area contributed by atoms with Gasteiger partial charge in [0.05, 0.1) is 24.3 Å². The van der Waals surface area contributed by atoms with Crippen LogP contribution >= 0.6 is 0 Å². The highest BCUT2D eigenvalue weighted by Crippen LogP contribution is 2.24. The van der Waals surface area contributed by atoms with Crippen molar-refractivity contribution in [3.8, 4) is 5.75 Å². The monoisotopic (exact) mass is 288 g/mol.